The van der Waals surface area contributed by atoms with E-state index in [-0.39, 0.29) is 11.6 Å². The van der Waals surface area contributed by atoms with E-state index in [1.54, 1.807) is 23.1 Å². The van der Waals surface area contributed by atoms with Crippen LogP contribution >= 0.6 is 23.1 Å². The van der Waals surface area contributed by atoms with Crippen molar-refractivity contribution in [2.45, 2.75) is 32.0 Å². The molecule has 0 spiro atoms. The summed E-state index contributed by atoms with van der Waals surface area (Å²) in [5, 5.41) is 1.70. The first-order valence-electron chi connectivity index (χ1n) is 5.24. The summed E-state index contributed by atoms with van der Waals surface area (Å²) >= 11 is 3.30. The van der Waals surface area contributed by atoms with E-state index < -0.39 is 0 Å². The van der Waals surface area contributed by atoms with E-state index in [9.17, 15) is 4.79 Å². The second kappa shape index (κ2) is 3.34. The van der Waals surface area contributed by atoms with Gasteiger partial charge in [-0.3, -0.25) is 9.36 Å². The highest BCUT2D eigenvalue weighted by Crippen LogP contribution is 2.34. The highest BCUT2D eigenvalue weighted by atomic mass is 32.2. The minimum Gasteiger partial charge on any atom is -0.283 e. The number of hydrogen-bond acceptors (Lipinski definition) is 4. The van der Waals surface area contributed by atoms with Gasteiger partial charge in [0.05, 0.1) is 5.39 Å². The van der Waals surface area contributed by atoms with Crippen LogP contribution in [0.15, 0.2) is 9.95 Å². The van der Waals surface area contributed by atoms with Gasteiger partial charge in [-0.15, -0.1) is 11.3 Å². The van der Waals surface area contributed by atoms with Gasteiger partial charge in [-0.2, -0.15) is 0 Å². The molecular weight excluding hydrogens is 240 g/mol. The van der Waals surface area contributed by atoms with Crippen LogP contribution in [0.4, 0.5) is 0 Å². The van der Waals surface area contributed by atoms with Gasteiger partial charge < -0.3 is 0 Å². The molecule has 3 nitrogen and oxygen atoms in total. The zero-order valence-corrected chi connectivity index (χ0v) is 11.0. The van der Waals surface area contributed by atoms with E-state index in [1.807, 2.05) is 18.4 Å². The van der Waals surface area contributed by atoms with Gasteiger partial charge in [0, 0.05) is 16.7 Å². The quantitative estimate of drug-likeness (QED) is 0.676. The molecule has 0 unspecified atom stereocenters. The Morgan fingerprint density at radius 1 is 1.44 bits per heavy atom. The summed E-state index contributed by atoms with van der Waals surface area (Å²) in [5.74, 6) is 0.956. The predicted molar refractivity (Wildman–Crippen MR) is 68.8 cm³/mol. The lowest BCUT2D eigenvalue weighted by Crippen LogP contribution is -2.22. The number of rotatable bonds is 0. The maximum atomic E-state index is 12.4. The number of fused-ring (bicyclic) bond motifs is 2. The molecule has 3 heterocycles. The zero-order chi connectivity index (χ0) is 11.4. The van der Waals surface area contributed by atoms with Crippen molar-refractivity contribution in [3.63, 3.8) is 0 Å². The first-order chi connectivity index (χ1) is 7.59. The number of thioether (sulfide) groups is 1. The molecule has 0 saturated carbocycles. The van der Waals surface area contributed by atoms with E-state index in [1.165, 1.54) is 4.88 Å². The van der Waals surface area contributed by atoms with Crippen molar-refractivity contribution < 1.29 is 0 Å². The number of aromatic nitrogens is 2. The minimum atomic E-state index is 0.138. The Bertz CT molecular complexity index is 641. The largest absolute Gasteiger partial charge is 0.283 e. The Morgan fingerprint density at radius 2 is 2.19 bits per heavy atom. The summed E-state index contributed by atoms with van der Waals surface area (Å²) in [6.45, 7) is 6.14. The van der Waals surface area contributed by atoms with Crippen LogP contribution in [0.5, 0.6) is 0 Å². The maximum Gasteiger partial charge on any atom is 0.263 e. The highest BCUT2D eigenvalue weighted by molar-refractivity contribution is 7.99. The summed E-state index contributed by atoms with van der Waals surface area (Å²) in [4.78, 5) is 19.1. The third kappa shape index (κ3) is 1.21. The third-order valence-corrected chi connectivity index (χ3v) is 5.39. The lowest BCUT2D eigenvalue weighted by atomic mass is 10.2. The number of hydrogen-bond donors (Lipinski definition) is 0. The fourth-order valence-electron chi connectivity index (χ4n) is 2.05. The molecule has 0 N–H and O–H groups in total. The van der Waals surface area contributed by atoms with Gasteiger partial charge in [0.25, 0.3) is 5.56 Å². The van der Waals surface area contributed by atoms with Gasteiger partial charge in [0.2, 0.25) is 0 Å². The SMILES string of the molecule is Cc1sc2nc3n(c(=O)c2c1C)[C@H](C)CS3. The van der Waals surface area contributed by atoms with E-state index in [4.69, 9.17) is 0 Å². The van der Waals surface area contributed by atoms with Crippen molar-refractivity contribution in [1.82, 2.24) is 9.55 Å². The molecule has 0 bridgehead atoms. The fraction of sp³-hybridized carbons (Fsp3) is 0.455. The smallest absolute Gasteiger partial charge is 0.263 e. The molecule has 0 radical (unpaired) electrons. The molecule has 0 fully saturated rings. The van der Waals surface area contributed by atoms with Gasteiger partial charge in [-0.05, 0) is 26.3 Å². The van der Waals surface area contributed by atoms with Crippen LogP contribution in [0.2, 0.25) is 0 Å². The van der Waals surface area contributed by atoms with Crippen LogP contribution in [-0.4, -0.2) is 15.3 Å². The summed E-state index contributed by atoms with van der Waals surface area (Å²) < 4.78 is 1.84. The van der Waals surface area contributed by atoms with Crippen LogP contribution in [-0.2, 0) is 0 Å². The lowest BCUT2D eigenvalue weighted by molar-refractivity contribution is 0.551. The summed E-state index contributed by atoms with van der Waals surface area (Å²) in [6, 6.07) is 0.268. The van der Waals surface area contributed by atoms with E-state index >= 15 is 0 Å². The van der Waals surface area contributed by atoms with Crippen molar-refractivity contribution in [2.24, 2.45) is 0 Å². The molecule has 84 valence electrons. The van der Waals surface area contributed by atoms with Crippen LogP contribution in [0, 0.1) is 13.8 Å². The Morgan fingerprint density at radius 3 is 2.94 bits per heavy atom. The molecule has 2 aromatic rings. The number of thiophene rings is 1. The standard InChI is InChI=1S/C11H12N2OS2/c1-5-4-15-11-12-9-8(10(14)13(5)11)6(2)7(3)16-9/h5H,4H2,1-3H3/t5-/m1/s1. The van der Waals surface area contributed by atoms with Crippen molar-refractivity contribution in [3.8, 4) is 0 Å². The van der Waals surface area contributed by atoms with E-state index in [2.05, 4.69) is 11.9 Å². The van der Waals surface area contributed by atoms with Crippen molar-refractivity contribution in [2.75, 3.05) is 5.75 Å². The van der Waals surface area contributed by atoms with Crippen LogP contribution in [0.3, 0.4) is 0 Å². The molecule has 0 aliphatic carbocycles. The zero-order valence-electron chi connectivity index (χ0n) is 9.40. The Labute approximate surface area is 102 Å². The number of nitrogens with zero attached hydrogens (tertiary/aromatic N) is 2. The van der Waals surface area contributed by atoms with Gasteiger partial charge in [0.15, 0.2) is 5.16 Å². The molecule has 0 saturated heterocycles. The topological polar surface area (TPSA) is 34.9 Å². The average Bonchev–Trinajstić information content (AvgIpc) is 2.71. The lowest BCUT2D eigenvalue weighted by Gasteiger charge is -2.06. The van der Waals surface area contributed by atoms with E-state index in [0.717, 1.165) is 26.7 Å². The molecule has 2 aromatic heterocycles. The van der Waals surface area contributed by atoms with Gasteiger partial charge >= 0.3 is 0 Å². The first-order valence-corrected chi connectivity index (χ1v) is 7.05. The molecule has 5 heteroatoms. The second-order valence-corrected chi connectivity index (χ2v) is 6.38. The third-order valence-electron chi connectivity index (χ3n) is 3.10. The molecule has 0 amide bonds. The average molecular weight is 252 g/mol. The molecule has 1 aliphatic rings. The van der Waals surface area contributed by atoms with Crippen LogP contribution in [0.25, 0.3) is 10.2 Å². The van der Waals surface area contributed by atoms with Crippen LogP contribution in [0.1, 0.15) is 23.4 Å². The summed E-state index contributed by atoms with van der Waals surface area (Å²) in [6.07, 6.45) is 0. The molecule has 16 heavy (non-hydrogen) atoms. The number of aryl methyl sites for hydroxylation is 2. The summed E-state index contributed by atoms with van der Waals surface area (Å²) in [5.41, 5.74) is 1.23. The van der Waals surface area contributed by atoms with Gasteiger partial charge in [0.1, 0.15) is 4.83 Å². The van der Waals surface area contributed by atoms with Crippen molar-refractivity contribution >= 4 is 33.3 Å². The highest BCUT2D eigenvalue weighted by Gasteiger charge is 2.24. The Hall–Kier alpha value is -0.810. The maximum absolute atomic E-state index is 12.4. The second-order valence-electron chi connectivity index (χ2n) is 4.19. The monoisotopic (exact) mass is 252 g/mol. The molecule has 3 rings (SSSR count). The predicted octanol–water partition coefficient (Wildman–Crippen LogP) is 2.74. The van der Waals surface area contributed by atoms with Crippen LogP contribution < -0.4 is 5.56 Å². The minimum absolute atomic E-state index is 0.138. The first kappa shape index (κ1) is 10.4. The van der Waals surface area contributed by atoms with Crippen molar-refractivity contribution in [1.29, 1.82) is 0 Å². The molecule has 1 aliphatic heterocycles. The Kier molecular flexibility index (Phi) is 2.16. The molecular formula is C11H12N2OS2. The van der Waals surface area contributed by atoms with E-state index in [0.29, 0.717) is 0 Å². The van der Waals surface area contributed by atoms with Gasteiger partial charge in [-0.1, -0.05) is 11.8 Å². The Balaban J connectivity index is 2.49. The van der Waals surface area contributed by atoms with Crippen molar-refractivity contribution in [3.05, 3.63) is 20.8 Å². The molecule has 0 aromatic carbocycles. The summed E-state index contributed by atoms with van der Waals surface area (Å²) in [7, 11) is 0. The fourth-order valence-corrected chi connectivity index (χ4v) is 4.22. The molecule has 1 atom stereocenters. The van der Waals surface area contributed by atoms with Gasteiger partial charge in [-0.25, -0.2) is 4.98 Å². The normalized spacial score (nSPS) is 19.3.